The molecule has 0 radical (unpaired) electrons. The molecule has 4 aromatic rings. The highest BCUT2D eigenvalue weighted by Gasteiger charge is 2.15. The van der Waals surface area contributed by atoms with Crippen molar-refractivity contribution in [2.75, 3.05) is 0 Å². The second-order valence-electron chi connectivity index (χ2n) is 5.14. The van der Waals surface area contributed by atoms with Crippen molar-refractivity contribution in [3.05, 3.63) is 42.2 Å². The standard InChI is InChI=1S/C15H14N4/c1-9(2)12-7-8-16-15-18-13-10-5-3-4-6-11(10)17-14(13)19(12)15/h3-9,17H,1-2H3. The van der Waals surface area contributed by atoms with Gasteiger partial charge in [0.15, 0.2) is 0 Å². The zero-order chi connectivity index (χ0) is 13.0. The predicted octanol–water partition coefficient (Wildman–Crippen LogP) is 3.49. The highest BCUT2D eigenvalue weighted by molar-refractivity contribution is 6.05. The predicted molar refractivity (Wildman–Crippen MR) is 76.4 cm³/mol. The van der Waals surface area contributed by atoms with Crippen LogP contribution < -0.4 is 0 Å². The van der Waals surface area contributed by atoms with Gasteiger partial charge >= 0.3 is 0 Å². The van der Waals surface area contributed by atoms with E-state index in [1.165, 1.54) is 5.69 Å². The lowest BCUT2D eigenvalue weighted by atomic mass is 10.1. The van der Waals surface area contributed by atoms with Gasteiger partial charge < -0.3 is 4.98 Å². The topological polar surface area (TPSA) is 46.0 Å². The van der Waals surface area contributed by atoms with E-state index in [9.17, 15) is 0 Å². The minimum absolute atomic E-state index is 0.425. The molecule has 1 aromatic carbocycles. The van der Waals surface area contributed by atoms with Crippen molar-refractivity contribution in [2.24, 2.45) is 0 Å². The second kappa shape index (κ2) is 3.57. The van der Waals surface area contributed by atoms with Crippen molar-refractivity contribution in [3.8, 4) is 0 Å². The molecule has 19 heavy (non-hydrogen) atoms. The van der Waals surface area contributed by atoms with E-state index >= 15 is 0 Å². The average molecular weight is 250 g/mol. The summed E-state index contributed by atoms with van der Waals surface area (Å²) < 4.78 is 2.12. The Kier molecular flexibility index (Phi) is 1.98. The number of imidazole rings is 1. The fraction of sp³-hybridized carbons (Fsp3) is 0.200. The average Bonchev–Trinajstić information content (AvgIpc) is 2.94. The first-order chi connectivity index (χ1) is 9.25. The van der Waals surface area contributed by atoms with E-state index in [2.05, 4.69) is 51.4 Å². The third kappa shape index (κ3) is 1.34. The van der Waals surface area contributed by atoms with Crippen molar-refractivity contribution in [1.29, 1.82) is 0 Å². The third-order valence-electron chi connectivity index (χ3n) is 3.58. The molecular weight excluding hydrogens is 236 g/mol. The van der Waals surface area contributed by atoms with E-state index in [1.807, 2.05) is 18.3 Å². The van der Waals surface area contributed by atoms with Crippen LogP contribution in [0.15, 0.2) is 36.5 Å². The number of H-pyrrole nitrogens is 1. The van der Waals surface area contributed by atoms with Crippen LogP contribution in [-0.2, 0) is 0 Å². The Hall–Kier alpha value is -2.36. The van der Waals surface area contributed by atoms with E-state index < -0.39 is 0 Å². The number of benzene rings is 1. The van der Waals surface area contributed by atoms with Gasteiger partial charge in [0.05, 0.1) is 0 Å². The molecule has 0 aliphatic heterocycles. The summed E-state index contributed by atoms with van der Waals surface area (Å²) in [6.07, 6.45) is 1.83. The lowest BCUT2D eigenvalue weighted by Crippen LogP contribution is -2.00. The molecule has 0 fully saturated rings. The molecule has 0 bridgehead atoms. The van der Waals surface area contributed by atoms with Crippen molar-refractivity contribution in [3.63, 3.8) is 0 Å². The number of aromatic amines is 1. The Labute approximate surface area is 110 Å². The normalized spacial score (nSPS) is 12.2. The van der Waals surface area contributed by atoms with Crippen LogP contribution in [-0.4, -0.2) is 19.4 Å². The summed E-state index contributed by atoms with van der Waals surface area (Å²) in [6.45, 7) is 4.37. The van der Waals surface area contributed by atoms with Crippen LogP contribution in [0.3, 0.4) is 0 Å². The van der Waals surface area contributed by atoms with Gasteiger partial charge in [-0.15, -0.1) is 0 Å². The van der Waals surface area contributed by atoms with Gasteiger partial charge in [-0.05, 0) is 18.1 Å². The van der Waals surface area contributed by atoms with Gasteiger partial charge in [0, 0.05) is 22.8 Å². The molecule has 94 valence electrons. The van der Waals surface area contributed by atoms with Crippen LogP contribution in [0.4, 0.5) is 0 Å². The van der Waals surface area contributed by atoms with E-state index in [4.69, 9.17) is 0 Å². The zero-order valence-corrected chi connectivity index (χ0v) is 10.9. The summed E-state index contributed by atoms with van der Waals surface area (Å²) >= 11 is 0. The van der Waals surface area contributed by atoms with Gasteiger partial charge in [-0.25, -0.2) is 9.97 Å². The molecule has 0 saturated carbocycles. The molecule has 0 atom stereocenters. The molecular formula is C15H14N4. The number of hydrogen-bond acceptors (Lipinski definition) is 2. The molecule has 3 aromatic heterocycles. The van der Waals surface area contributed by atoms with Gasteiger partial charge in [0.2, 0.25) is 5.78 Å². The van der Waals surface area contributed by atoms with Crippen molar-refractivity contribution in [2.45, 2.75) is 19.8 Å². The Bertz CT molecular complexity index is 898. The minimum atomic E-state index is 0.425. The largest absolute Gasteiger partial charge is 0.339 e. The number of para-hydroxylation sites is 1. The van der Waals surface area contributed by atoms with Crippen LogP contribution in [0.1, 0.15) is 25.5 Å². The lowest BCUT2D eigenvalue weighted by Gasteiger charge is -2.07. The highest BCUT2D eigenvalue weighted by Crippen LogP contribution is 2.27. The van der Waals surface area contributed by atoms with Gasteiger partial charge in [0.25, 0.3) is 0 Å². The molecule has 4 heteroatoms. The third-order valence-corrected chi connectivity index (χ3v) is 3.58. The SMILES string of the molecule is CC(C)c1ccnc2nc3c4ccccc4[nH]c3n12. The van der Waals surface area contributed by atoms with Crippen LogP contribution in [0, 0.1) is 0 Å². The monoisotopic (exact) mass is 250 g/mol. The van der Waals surface area contributed by atoms with Crippen LogP contribution in [0.2, 0.25) is 0 Å². The molecule has 0 saturated heterocycles. The number of hydrogen-bond donors (Lipinski definition) is 1. The lowest BCUT2D eigenvalue weighted by molar-refractivity contribution is 0.799. The number of aromatic nitrogens is 4. The maximum absolute atomic E-state index is 4.67. The molecule has 0 unspecified atom stereocenters. The van der Waals surface area contributed by atoms with Crippen molar-refractivity contribution >= 4 is 27.8 Å². The first kappa shape index (κ1) is 10.6. The molecule has 0 aliphatic carbocycles. The fourth-order valence-corrected chi connectivity index (χ4v) is 2.67. The maximum Gasteiger partial charge on any atom is 0.236 e. The van der Waals surface area contributed by atoms with Crippen LogP contribution in [0.25, 0.3) is 27.8 Å². The number of nitrogens with zero attached hydrogens (tertiary/aromatic N) is 3. The van der Waals surface area contributed by atoms with Gasteiger partial charge in [0.1, 0.15) is 11.2 Å². The zero-order valence-electron chi connectivity index (χ0n) is 10.9. The van der Waals surface area contributed by atoms with E-state index in [0.29, 0.717) is 5.92 Å². The smallest absolute Gasteiger partial charge is 0.236 e. The number of rotatable bonds is 1. The summed E-state index contributed by atoms with van der Waals surface area (Å²) in [4.78, 5) is 12.5. The van der Waals surface area contributed by atoms with E-state index in [-0.39, 0.29) is 0 Å². The number of nitrogens with one attached hydrogen (secondary N) is 1. The van der Waals surface area contributed by atoms with E-state index in [0.717, 1.165) is 27.8 Å². The molecule has 0 spiro atoms. The fourth-order valence-electron chi connectivity index (χ4n) is 2.67. The highest BCUT2D eigenvalue weighted by atomic mass is 15.1. The quantitative estimate of drug-likeness (QED) is 0.562. The first-order valence-electron chi connectivity index (χ1n) is 6.49. The first-order valence-corrected chi connectivity index (χ1v) is 6.49. The van der Waals surface area contributed by atoms with E-state index in [1.54, 1.807) is 0 Å². The Morgan fingerprint density at radius 1 is 1.16 bits per heavy atom. The van der Waals surface area contributed by atoms with Gasteiger partial charge in [-0.1, -0.05) is 32.0 Å². The Morgan fingerprint density at radius 2 is 2.00 bits per heavy atom. The van der Waals surface area contributed by atoms with Crippen molar-refractivity contribution in [1.82, 2.24) is 19.4 Å². The second-order valence-corrected chi connectivity index (χ2v) is 5.14. The molecule has 1 N–H and O–H groups in total. The Balaban J connectivity index is 2.26. The van der Waals surface area contributed by atoms with Crippen LogP contribution in [0.5, 0.6) is 0 Å². The van der Waals surface area contributed by atoms with Gasteiger partial charge in [-0.2, -0.15) is 0 Å². The van der Waals surface area contributed by atoms with Gasteiger partial charge in [-0.3, -0.25) is 4.40 Å². The molecule has 0 amide bonds. The number of fused-ring (bicyclic) bond motifs is 5. The Morgan fingerprint density at radius 3 is 2.84 bits per heavy atom. The summed E-state index contributed by atoms with van der Waals surface area (Å²) in [5.74, 6) is 1.19. The summed E-state index contributed by atoms with van der Waals surface area (Å²) in [5.41, 5.74) is 4.37. The summed E-state index contributed by atoms with van der Waals surface area (Å²) in [5, 5.41) is 1.15. The summed E-state index contributed by atoms with van der Waals surface area (Å²) in [7, 11) is 0. The molecule has 0 aliphatic rings. The maximum atomic E-state index is 4.67. The molecule has 4 rings (SSSR count). The molecule has 4 nitrogen and oxygen atoms in total. The van der Waals surface area contributed by atoms with Crippen LogP contribution >= 0.6 is 0 Å². The summed E-state index contributed by atoms with van der Waals surface area (Å²) in [6, 6.07) is 10.3. The minimum Gasteiger partial charge on any atom is -0.339 e. The van der Waals surface area contributed by atoms with Crippen molar-refractivity contribution < 1.29 is 0 Å². The molecule has 3 heterocycles.